The van der Waals surface area contributed by atoms with Crippen molar-refractivity contribution in [2.45, 2.75) is 50.2 Å². The maximum Gasteiger partial charge on any atom is 0.356 e. The van der Waals surface area contributed by atoms with Gasteiger partial charge in [0, 0.05) is 22.7 Å². The van der Waals surface area contributed by atoms with Gasteiger partial charge >= 0.3 is 5.97 Å². The number of aromatic carboxylic acids is 1. The first kappa shape index (κ1) is 20.8. The summed E-state index contributed by atoms with van der Waals surface area (Å²) in [6, 6.07) is 3.52. The van der Waals surface area contributed by atoms with Crippen LogP contribution in [-0.2, 0) is 5.41 Å². The Morgan fingerprint density at radius 3 is 2.62 bits per heavy atom. The normalized spacial score (nSPS) is 24.5. The summed E-state index contributed by atoms with van der Waals surface area (Å²) in [6.45, 7) is 3.32. The van der Waals surface area contributed by atoms with Crippen LogP contribution in [0, 0.1) is 12.7 Å². The van der Waals surface area contributed by atoms with E-state index in [0.29, 0.717) is 36.1 Å². The molecule has 3 aliphatic rings. The van der Waals surface area contributed by atoms with Crippen LogP contribution in [0.25, 0.3) is 5.65 Å². The minimum Gasteiger partial charge on any atom is -0.476 e. The van der Waals surface area contributed by atoms with Gasteiger partial charge in [0.2, 0.25) is 0 Å². The fraction of sp³-hybridized carbons (Fsp3) is 0.364. The van der Waals surface area contributed by atoms with E-state index in [2.05, 4.69) is 10.3 Å². The van der Waals surface area contributed by atoms with Gasteiger partial charge in [0.1, 0.15) is 22.3 Å². The number of anilines is 1. The number of carboxylic acids is 1. The quantitative estimate of drug-likeness (QED) is 0.554. The van der Waals surface area contributed by atoms with Crippen molar-refractivity contribution in [3.8, 4) is 0 Å². The molecular weight excluding hydrogens is 442 g/mol. The number of halogens is 3. The van der Waals surface area contributed by atoms with Gasteiger partial charge in [-0.25, -0.2) is 23.5 Å². The van der Waals surface area contributed by atoms with Gasteiger partial charge in [-0.05, 0) is 51.3 Å². The summed E-state index contributed by atoms with van der Waals surface area (Å²) in [5.41, 5.74) is -0.558. The molecule has 0 saturated heterocycles. The zero-order chi connectivity index (χ0) is 23.0. The van der Waals surface area contributed by atoms with Crippen molar-refractivity contribution in [2.24, 2.45) is 0 Å². The Balaban J connectivity index is 1.62. The van der Waals surface area contributed by atoms with Gasteiger partial charge in [-0.1, -0.05) is 11.6 Å². The number of nitrogens with zero attached hydrogens (tertiary/aromatic N) is 3. The van der Waals surface area contributed by atoms with Gasteiger partial charge < -0.3 is 10.4 Å². The van der Waals surface area contributed by atoms with E-state index < -0.39 is 34.5 Å². The third-order valence-corrected chi connectivity index (χ3v) is 6.73. The maximum absolute atomic E-state index is 14.4. The number of hydrogen-bond acceptors (Lipinski definition) is 5. The van der Waals surface area contributed by atoms with Crippen LogP contribution in [0.1, 0.15) is 59.5 Å². The van der Waals surface area contributed by atoms with E-state index >= 15 is 0 Å². The highest BCUT2D eigenvalue weighted by Crippen LogP contribution is 2.69. The monoisotopic (exact) mass is 460 g/mol. The highest BCUT2D eigenvalue weighted by Gasteiger charge is 2.71. The average molecular weight is 461 g/mol. The van der Waals surface area contributed by atoms with Crippen LogP contribution in [-0.4, -0.2) is 31.1 Å². The molecule has 2 N–H and O–H groups in total. The largest absolute Gasteiger partial charge is 0.476 e. The summed E-state index contributed by atoms with van der Waals surface area (Å²) in [5, 5.41) is 12.5. The molecule has 6 rings (SSSR count). The summed E-state index contributed by atoms with van der Waals surface area (Å²) in [4.78, 5) is 33.1. The predicted molar refractivity (Wildman–Crippen MR) is 114 cm³/mol. The first-order chi connectivity index (χ1) is 15.0. The number of fused-ring (bicyclic) bond motifs is 1. The fourth-order valence-corrected chi connectivity index (χ4v) is 5.24. The Hall–Kier alpha value is -3.07. The summed E-state index contributed by atoms with van der Waals surface area (Å²) in [5.74, 6) is -1.92. The van der Waals surface area contributed by atoms with Crippen LogP contribution in [0.15, 0.2) is 29.2 Å². The Morgan fingerprint density at radius 1 is 1.31 bits per heavy atom. The van der Waals surface area contributed by atoms with Crippen molar-refractivity contribution in [2.75, 3.05) is 5.32 Å². The van der Waals surface area contributed by atoms with Crippen LogP contribution in [0.5, 0.6) is 0 Å². The standard InChI is InChI=1S/C22H19ClF2N4O3/c1-10-17(21-7-22(25,8-21)9-21)28-18-13(5-12(24)6-29(18)19(10)30)11(2)26-14-3-4-15(23)27-16(14)20(31)32/h3-6,11,26H,7-9H2,1-2H3,(H,31,32)/t11-,21?,22?/m1/s1. The molecule has 3 aromatic rings. The Kier molecular flexibility index (Phi) is 4.37. The second-order valence-electron chi connectivity index (χ2n) is 8.86. The van der Waals surface area contributed by atoms with E-state index in [0.717, 1.165) is 10.6 Å². The fourth-order valence-electron chi connectivity index (χ4n) is 5.09. The number of aromatic nitrogens is 3. The minimum absolute atomic E-state index is 0.0225. The molecular formula is C22H19ClF2N4O3. The van der Waals surface area contributed by atoms with Crippen molar-refractivity contribution in [1.29, 1.82) is 0 Å². The summed E-state index contributed by atoms with van der Waals surface area (Å²) in [6.07, 6.45) is 2.09. The summed E-state index contributed by atoms with van der Waals surface area (Å²) in [7, 11) is 0. The second-order valence-corrected chi connectivity index (χ2v) is 9.25. The second kappa shape index (κ2) is 6.71. The van der Waals surface area contributed by atoms with Crippen molar-refractivity contribution in [3.63, 3.8) is 0 Å². The molecule has 0 aliphatic heterocycles. The highest BCUT2D eigenvalue weighted by atomic mass is 35.5. The Labute approximate surface area is 186 Å². The van der Waals surface area contributed by atoms with E-state index in [-0.39, 0.29) is 22.2 Å². The van der Waals surface area contributed by atoms with Crippen molar-refractivity contribution in [1.82, 2.24) is 14.4 Å². The van der Waals surface area contributed by atoms with Gasteiger partial charge in [0.05, 0.1) is 17.4 Å². The lowest BCUT2D eigenvalue weighted by atomic mass is 9.41. The molecule has 3 aromatic heterocycles. The molecule has 32 heavy (non-hydrogen) atoms. The average Bonchev–Trinajstić information content (AvgIpc) is 2.68. The molecule has 3 aliphatic carbocycles. The first-order valence-electron chi connectivity index (χ1n) is 10.1. The molecule has 0 unspecified atom stereocenters. The SMILES string of the molecule is Cc1c(C23CC(F)(C2)C3)nc2c([C@@H](C)Nc3ccc(Cl)nc3C(=O)O)cc(F)cn2c1=O. The van der Waals surface area contributed by atoms with Gasteiger partial charge in [-0.2, -0.15) is 0 Å². The minimum atomic E-state index is -1.28. The molecule has 10 heteroatoms. The number of rotatable bonds is 5. The Bertz CT molecular complexity index is 1350. The third kappa shape index (κ3) is 2.98. The van der Waals surface area contributed by atoms with E-state index in [9.17, 15) is 23.5 Å². The van der Waals surface area contributed by atoms with Crippen molar-refractivity contribution in [3.05, 3.63) is 68.2 Å². The van der Waals surface area contributed by atoms with Gasteiger partial charge in [-0.3, -0.25) is 9.20 Å². The topological polar surface area (TPSA) is 96.6 Å². The van der Waals surface area contributed by atoms with Crippen LogP contribution >= 0.6 is 11.6 Å². The van der Waals surface area contributed by atoms with Crippen LogP contribution < -0.4 is 10.9 Å². The van der Waals surface area contributed by atoms with Crippen molar-refractivity contribution >= 4 is 28.9 Å². The van der Waals surface area contributed by atoms with Crippen LogP contribution in [0.4, 0.5) is 14.5 Å². The lowest BCUT2D eigenvalue weighted by Gasteiger charge is -2.65. The molecule has 0 spiro atoms. The number of hydrogen-bond donors (Lipinski definition) is 2. The molecule has 3 fully saturated rings. The third-order valence-electron chi connectivity index (χ3n) is 6.52. The lowest BCUT2D eigenvalue weighted by molar-refractivity contribution is -0.160. The molecule has 166 valence electrons. The Morgan fingerprint density at radius 2 is 2.00 bits per heavy atom. The molecule has 1 atom stereocenters. The summed E-state index contributed by atoms with van der Waals surface area (Å²) < 4.78 is 29.7. The molecule has 3 saturated carbocycles. The highest BCUT2D eigenvalue weighted by molar-refractivity contribution is 6.29. The van der Waals surface area contributed by atoms with E-state index in [1.807, 2.05) is 0 Å². The van der Waals surface area contributed by atoms with E-state index in [4.69, 9.17) is 16.6 Å². The van der Waals surface area contributed by atoms with Crippen LogP contribution in [0.3, 0.4) is 0 Å². The van der Waals surface area contributed by atoms with Crippen LogP contribution in [0.2, 0.25) is 5.15 Å². The lowest BCUT2D eigenvalue weighted by Crippen LogP contribution is -2.67. The zero-order valence-corrected chi connectivity index (χ0v) is 18.0. The molecule has 0 radical (unpaired) electrons. The van der Waals surface area contributed by atoms with E-state index in [1.165, 1.54) is 18.2 Å². The van der Waals surface area contributed by atoms with E-state index in [1.54, 1.807) is 13.8 Å². The maximum atomic E-state index is 14.4. The molecule has 3 heterocycles. The van der Waals surface area contributed by atoms with Gasteiger partial charge in [-0.15, -0.1) is 0 Å². The number of alkyl halides is 1. The number of nitrogens with one attached hydrogen (secondary N) is 1. The smallest absolute Gasteiger partial charge is 0.356 e. The number of pyridine rings is 2. The predicted octanol–water partition coefficient (Wildman–Crippen LogP) is 4.21. The number of carboxylic acid groups (broad SMARTS) is 1. The molecule has 7 nitrogen and oxygen atoms in total. The molecule has 0 amide bonds. The summed E-state index contributed by atoms with van der Waals surface area (Å²) >= 11 is 5.81. The van der Waals surface area contributed by atoms with Crippen molar-refractivity contribution < 1.29 is 18.7 Å². The molecule has 0 aromatic carbocycles. The van der Waals surface area contributed by atoms with Gasteiger partial charge in [0.15, 0.2) is 5.69 Å². The van der Waals surface area contributed by atoms with Gasteiger partial charge in [0.25, 0.3) is 5.56 Å². The first-order valence-corrected chi connectivity index (χ1v) is 10.5. The number of carbonyl (C=O) groups is 1. The molecule has 2 bridgehead atoms. The zero-order valence-electron chi connectivity index (χ0n) is 17.2.